The van der Waals surface area contributed by atoms with Crippen LogP contribution in [-0.2, 0) is 6.54 Å². The standard InChI is InChI=1S/C11H12N2O2/c1-8-9-4-2-3-5-10(9)11(15)13(12-8)6-7-14/h2-5,14H,6-7H2,1H3. The van der Waals surface area contributed by atoms with Crippen LogP contribution >= 0.6 is 0 Å². The summed E-state index contributed by atoms with van der Waals surface area (Å²) in [6.07, 6.45) is 0. The van der Waals surface area contributed by atoms with E-state index in [2.05, 4.69) is 5.10 Å². The van der Waals surface area contributed by atoms with Gasteiger partial charge in [-0.25, -0.2) is 4.68 Å². The average Bonchev–Trinajstić information content (AvgIpc) is 2.26. The number of aromatic nitrogens is 2. The Hall–Kier alpha value is -1.68. The molecule has 2 aromatic rings. The summed E-state index contributed by atoms with van der Waals surface area (Å²) in [6, 6.07) is 7.36. The number of aliphatic hydroxyl groups excluding tert-OH is 1. The minimum absolute atomic E-state index is 0.0787. The van der Waals surface area contributed by atoms with Crippen molar-refractivity contribution in [1.82, 2.24) is 9.78 Å². The van der Waals surface area contributed by atoms with Crippen molar-refractivity contribution in [3.8, 4) is 0 Å². The number of benzene rings is 1. The Balaban J connectivity index is 2.79. The molecule has 1 aromatic carbocycles. The fourth-order valence-electron chi connectivity index (χ4n) is 1.65. The second-order valence-corrected chi connectivity index (χ2v) is 3.38. The van der Waals surface area contributed by atoms with Crippen LogP contribution in [0.2, 0.25) is 0 Å². The zero-order valence-corrected chi connectivity index (χ0v) is 8.47. The first-order chi connectivity index (χ1) is 7.24. The Morgan fingerprint density at radius 1 is 1.33 bits per heavy atom. The molecule has 0 radical (unpaired) electrons. The Labute approximate surface area is 86.8 Å². The number of aryl methyl sites for hydroxylation is 1. The topological polar surface area (TPSA) is 55.1 Å². The molecule has 1 N–H and O–H groups in total. The molecule has 0 unspecified atom stereocenters. The monoisotopic (exact) mass is 204 g/mol. The van der Waals surface area contributed by atoms with Crippen LogP contribution in [0.5, 0.6) is 0 Å². The van der Waals surface area contributed by atoms with Gasteiger partial charge in [0, 0.05) is 5.39 Å². The molecule has 15 heavy (non-hydrogen) atoms. The van der Waals surface area contributed by atoms with Crippen molar-refractivity contribution >= 4 is 10.8 Å². The van der Waals surface area contributed by atoms with Crippen molar-refractivity contribution in [2.75, 3.05) is 6.61 Å². The molecule has 0 spiro atoms. The molecule has 0 aliphatic carbocycles. The molecule has 0 saturated carbocycles. The van der Waals surface area contributed by atoms with Crippen LogP contribution in [-0.4, -0.2) is 21.5 Å². The summed E-state index contributed by atoms with van der Waals surface area (Å²) < 4.78 is 1.30. The molecule has 0 aliphatic rings. The highest BCUT2D eigenvalue weighted by atomic mass is 16.3. The van der Waals surface area contributed by atoms with Crippen LogP contribution in [0.3, 0.4) is 0 Å². The summed E-state index contributed by atoms with van der Waals surface area (Å²) in [6.45, 7) is 2.02. The van der Waals surface area contributed by atoms with E-state index in [4.69, 9.17) is 5.11 Å². The van der Waals surface area contributed by atoms with Crippen LogP contribution in [0.4, 0.5) is 0 Å². The minimum Gasteiger partial charge on any atom is -0.394 e. The first-order valence-corrected chi connectivity index (χ1v) is 4.81. The van der Waals surface area contributed by atoms with Gasteiger partial charge < -0.3 is 5.11 Å². The largest absolute Gasteiger partial charge is 0.394 e. The number of rotatable bonds is 2. The van der Waals surface area contributed by atoms with E-state index in [0.29, 0.717) is 5.39 Å². The number of hydrogen-bond acceptors (Lipinski definition) is 3. The van der Waals surface area contributed by atoms with Crippen LogP contribution in [0.1, 0.15) is 5.69 Å². The Morgan fingerprint density at radius 3 is 2.67 bits per heavy atom. The van der Waals surface area contributed by atoms with Gasteiger partial charge in [-0.15, -0.1) is 0 Å². The van der Waals surface area contributed by atoms with Crippen LogP contribution in [0.25, 0.3) is 10.8 Å². The first kappa shape index (κ1) is 9.86. The maximum atomic E-state index is 11.9. The van der Waals surface area contributed by atoms with E-state index in [1.165, 1.54) is 4.68 Å². The lowest BCUT2D eigenvalue weighted by atomic mass is 10.1. The molecule has 4 heteroatoms. The third-order valence-corrected chi connectivity index (χ3v) is 2.36. The lowest BCUT2D eigenvalue weighted by Gasteiger charge is -2.06. The van der Waals surface area contributed by atoms with Crippen molar-refractivity contribution in [2.45, 2.75) is 13.5 Å². The predicted octanol–water partition coefficient (Wildman–Crippen LogP) is 0.697. The molecule has 0 saturated heterocycles. The van der Waals surface area contributed by atoms with Gasteiger partial charge in [-0.05, 0) is 13.0 Å². The number of hydrogen-bond donors (Lipinski definition) is 1. The van der Waals surface area contributed by atoms with Gasteiger partial charge in [-0.1, -0.05) is 18.2 Å². The van der Waals surface area contributed by atoms with Crippen molar-refractivity contribution in [2.24, 2.45) is 0 Å². The smallest absolute Gasteiger partial charge is 0.274 e. The molecule has 0 amide bonds. The van der Waals surface area contributed by atoms with E-state index in [1.54, 1.807) is 6.07 Å². The quantitative estimate of drug-likeness (QED) is 0.783. The molecular weight excluding hydrogens is 192 g/mol. The summed E-state index contributed by atoms with van der Waals surface area (Å²) in [5, 5.41) is 14.5. The van der Waals surface area contributed by atoms with Crippen LogP contribution < -0.4 is 5.56 Å². The van der Waals surface area contributed by atoms with Crippen LogP contribution in [0.15, 0.2) is 29.1 Å². The third kappa shape index (κ3) is 1.64. The number of fused-ring (bicyclic) bond motifs is 1. The molecule has 1 aromatic heterocycles. The van der Waals surface area contributed by atoms with E-state index < -0.39 is 0 Å². The minimum atomic E-state index is -0.148. The maximum Gasteiger partial charge on any atom is 0.274 e. The molecular formula is C11H12N2O2. The average molecular weight is 204 g/mol. The van der Waals surface area contributed by atoms with Gasteiger partial charge in [0.15, 0.2) is 0 Å². The highest BCUT2D eigenvalue weighted by molar-refractivity contribution is 5.83. The first-order valence-electron chi connectivity index (χ1n) is 4.81. The zero-order chi connectivity index (χ0) is 10.8. The van der Waals surface area contributed by atoms with Gasteiger partial charge in [-0.2, -0.15) is 5.10 Å². The molecule has 4 nitrogen and oxygen atoms in total. The highest BCUT2D eigenvalue weighted by Gasteiger charge is 2.05. The molecule has 0 fully saturated rings. The summed E-state index contributed by atoms with van der Waals surface area (Å²) in [5.74, 6) is 0. The van der Waals surface area contributed by atoms with Crippen molar-refractivity contribution < 1.29 is 5.11 Å². The Bertz CT molecular complexity index is 546. The molecule has 2 rings (SSSR count). The molecule has 0 aliphatic heterocycles. The lowest BCUT2D eigenvalue weighted by Crippen LogP contribution is -2.25. The maximum absolute atomic E-state index is 11.9. The van der Waals surface area contributed by atoms with Gasteiger partial charge in [0.2, 0.25) is 0 Å². The summed E-state index contributed by atoms with van der Waals surface area (Å²) in [4.78, 5) is 11.9. The summed E-state index contributed by atoms with van der Waals surface area (Å²) >= 11 is 0. The van der Waals surface area contributed by atoms with Gasteiger partial charge in [0.1, 0.15) is 0 Å². The normalized spacial score (nSPS) is 10.8. The number of aliphatic hydroxyl groups is 1. The Morgan fingerprint density at radius 2 is 2.00 bits per heavy atom. The van der Waals surface area contributed by atoms with E-state index in [1.807, 2.05) is 25.1 Å². The van der Waals surface area contributed by atoms with Gasteiger partial charge in [0.25, 0.3) is 5.56 Å². The summed E-state index contributed by atoms with van der Waals surface area (Å²) in [7, 11) is 0. The molecule has 0 atom stereocenters. The van der Waals surface area contributed by atoms with Gasteiger partial charge in [0.05, 0.1) is 24.2 Å². The van der Waals surface area contributed by atoms with E-state index in [-0.39, 0.29) is 18.7 Å². The molecule has 78 valence electrons. The number of nitrogens with zero attached hydrogens (tertiary/aromatic N) is 2. The van der Waals surface area contributed by atoms with Crippen molar-refractivity contribution in [3.05, 3.63) is 40.3 Å². The van der Waals surface area contributed by atoms with Crippen molar-refractivity contribution in [1.29, 1.82) is 0 Å². The van der Waals surface area contributed by atoms with E-state index in [0.717, 1.165) is 11.1 Å². The zero-order valence-electron chi connectivity index (χ0n) is 8.47. The predicted molar refractivity (Wildman–Crippen MR) is 57.8 cm³/mol. The van der Waals surface area contributed by atoms with Crippen LogP contribution in [0, 0.1) is 6.92 Å². The lowest BCUT2D eigenvalue weighted by molar-refractivity contribution is 0.266. The molecule has 1 heterocycles. The fourth-order valence-corrected chi connectivity index (χ4v) is 1.65. The third-order valence-electron chi connectivity index (χ3n) is 2.36. The summed E-state index contributed by atoms with van der Waals surface area (Å²) in [5.41, 5.74) is 0.656. The Kier molecular flexibility index (Phi) is 2.51. The van der Waals surface area contributed by atoms with E-state index >= 15 is 0 Å². The highest BCUT2D eigenvalue weighted by Crippen LogP contribution is 2.11. The van der Waals surface area contributed by atoms with E-state index in [9.17, 15) is 4.79 Å². The van der Waals surface area contributed by atoms with Gasteiger partial charge in [-0.3, -0.25) is 4.79 Å². The second-order valence-electron chi connectivity index (χ2n) is 3.38. The molecule has 0 bridgehead atoms. The second kappa shape index (κ2) is 3.82. The van der Waals surface area contributed by atoms with Crippen molar-refractivity contribution in [3.63, 3.8) is 0 Å². The fraction of sp³-hybridized carbons (Fsp3) is 0.273. The SMILES string of the molecule is Cc1nn(CCO)c(=O)c2ccccc12. The van der Waals surface area contributed by atoms with Gasteiger partial charge >= 0.3 is 0 Å².